The Morgan fingerprint density at radius 3 is 3.07 bits per heavy atom. The van der Waals surface area contributed by atoms with Crippen molar-refractivity contribution in [2.45, 2.75) is 24.6 Å². The first kappa shape index (κ1) is 10.9. The van der Waals surface area contributed by atoms with E-state index in [-0.39, 0.29) is 12.0 Å². The lowest BCUT2D eigenvalue weighted by atomic mass is 10.1. The number of nitrogens with two attached hydrogens (primary N) is 1. The van der Waals surface area contributed by atoms with Gasteiger partial charge in [-0.3, -0.25) is 0 Å². The third kappa shape index (κ3) is 2.50. The van der Waals surface area contributed by atoms with E-state index in [2.05, 4.69) is 17.1 Å². The van der Waals surface area contributed by atoms with Crippen LogP contribution in [0.25, 0.3) is 0 Å². The zero-order valence-corrected chi connectivity index (χ0v) is 9.50. The van der Waals surface area contributed by atoms with Crippen molar-refractivity contribution < 1.29 is 9.26 Å². The van der Waals surface area contributed by atoms with Gasteiger partial charge in [-0.2, -0.15) is 16.7 Å². The van der Waals surface area contributed by atoms with Crippen LogP contribution in [0.2, 0.25) is 0 Å². The molecule has 0 radical (unpaired) electrons. The smallest absolute Gasteiger partial charge is 0.233 e. The molecular weight excluding hydrogens is 214 g/mol. The molecule has 0 spiro atoms. The molecule has 1 aromatic rings. The molecule has 0 aliphatic carbocycles. The van der Waals surface area contributed by atoms with E-state index in [0.717, 1.165) is 17.3 Å². The second-order valence-electron chi connectivity index (χ2n) is 3.49. The van der Waals surface area contributed by atoms with Crippen molar-refractivity contribution >= 4 is 11.8 Å². The van der Waals surface area contributed by atoms with Crippen LogP contribution in [0.4, 0.5) is 0 Å². The largest absolute Gasteiger partial charge is 0.379 e. The summed E-state index contributed by atoms with van der Waals surface area (Å²) in [7, 11) is 0. The molecule has 0 aromatic carbocycles. The molecule has 5 nitrogen and oxygen atoms in total. The summed E-state index contributed by atoms with van der Waals surface area (Å²) in [6, 6.07) is -0.0165. The molecule has 0 saturated carbocycles. The van der Waals surface area contributed by atoms with E-state index in [9.17, 15) is 0 Å². The van der Waals surface area contributed by atoms with Crippen molar-refractivity contribution in [1.29, 1.82) is 0 Å². The molecule has 84 valence electrons. The molecule has 2 atom stereocenters. The monoisotopic (exact) mass is 229 g/mol. The standard InChI is InChI=1S/C9H15N3O2S/c1-2-15-5-8-11-9(14-12-8)6-3-13-4-7(6)10/h6-7H,2-5,10H2,1H3. The van der Waals surface area contributed by atoms with Crippen molar-refractivity contribution in [3.8, 4) is 0 Å². The predicted octanol–water partition coefficient (Wildman–Crippen LogP) is 0.764. The van der Waals surface area contributed by atoms with Crippen LogP contribution in [0.3, 0.4) is 0 Å². The Morgan fingerprint density at radius 1 is 1.53 bits per heavy atom. The summed E-state index contributed by atoms with van der Waals surface area (Å²) in [6.07, 6.45) is 0. The van der Waals surface area contributed by atoms with Gasteiger partial charge in [0, 0.05) is 6.04 Å². The minimum atomic E-state index is -0.0165. The summed E-state index contributed by atoms with van der Waals surface area (Å²) in [6.45, 7) is 3.27. The highest BCUT2D eigenvalue weighted by Gasteiger charge is 2.31. The predicted molar refractivity (Wildman–Crippen MR) is 57.7 cm³/mol. The van der Waals surface area contributed by atoms with E-state index in [1.807, 2.05) is 0 Å². The van der Waals surface area contributed by atoms with Gasteiger partial charge in [0.1, 0.15) is 0 Å². The van der Waals surface area contributed by atoms with Gasteiger partial charge in [0.05, 0.1) is 24.9 Å². The lowest BCUT2D eigenvalue weighted by Crippen LogP contribution is -2.27. The van der Waals surface area contributed by atoms with Crippen molar-refractivity contribution in [3.63, 3.8) is 0 Å². The van der Waals surface area contributed by atoms with Crippen LogP contribution in [0.15, 0.2) is 4.52 Å². The lowest BCUT2D eigenvalue weighted by molar-refractivity contribution is 0.187. The molecule has 0 bridgehead atoms. The first-order chi connectivity index (χ1) is 7.31. The number of nitrogens with zero attached hydrogens (tertiary/aromatic N) is 2. The molecule has 0 amide bonds. The van der Waals surface area contributed by atoms with Crippen LogP contribution < -0.4 is 5.73 Å². The Bertz CT molecular complexity index is 318. The zero-order valence-electron chi connectivity index (χ0n) is 8.68. The summed E-state index contributed by atoms with van der Waals surface area (Å²) in [5.41, 5.74) is 5.86. The van der Waals surface area contributed by atoms with Crippen molar-refractivity contribution in [3.05, 3.63) is 11.7 Å². The van der Waals surface area contributed by atoms with Crippen molar-refractivity contribution in [2.75, 3.05) is 19.0 Å². The number of thioether (sulfide) groups is 1. The summed E-state index contributed by atoms with van der Waals surface area (Å²) >= 11 is 1.77. The first-order valence-corrected chi connectivity index (χ1v) is 6.20. The van der Waals surface area contributed by atoms with Gasteiger partial charge in [0.15, 0.2) is 5.82 Å². The highest BCUT2D eigenvalue weighted by atomic mass is 32.2. The maximum Gasteiger partial charge on any atom is 0.233 e. The van der Waals surface area contributed by atoms with E-state index in [0.29, 0.717) is 19.1 Å². The Morgan fingerprint density at radius 2 is 2.40 bits per heavy atom. The molecule has 1 fully saturated rings. The molecule has 2 heterocycles. The maximum atomic E-state index is 5.86. The second-order valence-corrected chi connectivity index (χ2v) is 4.77. The highest BCUT2D eigenvalue weighted by molar-refractivity contribution is 7.98. The summed E-state index contributed by atoms with van der Waals surface area (Å²) < 4.78 is 10.4. The van der Waals surface area contributed by atoms with Crippen LogP contribution in [-0.2, 0) is 10.5 Å². The quantitative estimate of drug-likeness (QED) is 0.821. The minimum Gasteiger partial charge on any atom is -0.379 e. The fraction of sp³-hybridized carbons (Fsp3) is 0.778. The maximum absolute atomic E-state index is 5.86. The zero-order chi connectivity index (χ0) is 10.7. The normalized spacial score (nSPS) is 26.0. The molecule has 1 aromatic heterocycles. The average Bonchev–Trinajstić information content (AvgIpc) is 2.83. The van der Waals surface area contributed by atoms with Crippen LogP contribution in [-0.4, -0.2) is 35.1 Å². The first-order valence-electron chi connectivity index (χ1n) is 5.04. The second kappa shape index (κ2) is 4.96. The van der Waals surface area contributed by atoms with Crippen molar-refractivity contribution in [2.24, 2.45) is 5.73 Å². The number of hydrogen-bond donors (Lipinski definition) is 1. The van der Waals surface area contributed by atoms with E-state index in [1.165, 1.54) is 0 Å². The van der Waals surface area contributed by atoms with E-state index < -0.39 is 0 Å². The summed E-state index contributed by atoms with van der Waals surface area (Å²) in [5, 5.41) is 3.91. The van der Waals surface area contributed by atoms with Gasteiger partial charge in [-0.1, -0.05) is 12.1 Å². The van der Waals surface area contributed by atoms with Crippen LogP contribution >= 0.6 is 11.8 Å². The van der Waals surface area contributed by atoms with Crippen LogP contribution in [0.5, 0.6) is 0 Å². The third-order valence-corrected chi connectivity index (χ3v) is 3.23. The number of hydrogen-bond acceptors (Lipinski definition) is 6. The van der Waals surface area contributed by atoms with Gasteiger partial charge >= 0.3 is 0 Å². The van der Waals surface area contributed by atoms with E-state index in [1.54, 1.807) is 11.8 Å². The molecule has 2 N–H and O–H groups in total. The summed E-state index contributed by atoms with van der Waals surface area (Å²) in [4.78, 5) is 4.32. The molecule has 2 unspecified atom stereocenters. The van der Waals surface area contributed by atoms with Gasteiger partial charge in [0.2, 0.25) is 5.89 Å². The fourth-order valence-electron chi connectivity index (χ4n) is 1.50. The molecule has 1 saturated heterocycles. The van der Waals surface area contributed by atoms with Gasteiger partial charge in [-0.15, -0.1) is 0 Å². The van der Waals surface area contributed by atoms with Crippen LogP contribution in [0.1, 0.15) is 24.6 Å². The fourth-order valence-corrected chi connectivity index (χ4v) is 2.00. The molecule has 1 aliphatic heterocycles. The van der Waals surface area contributed by atoms with Gasteiger partial charge in [-0.25, -0.2) is 0 Å². The Kier molecular flexibility index (Phi) is 3.61. The SMILES string of the molecule is CCSCc1noc(C2COCC2N)n1. The van der Waals surface area contributed by atoms with E-state index >= 15 is 0 Å². The molecule has 15 heavy (non-hydrogen) atoms. The van der Waals surface area contributed by atoms with Gasteiger partial charge in [-0.05, 0) is 5.75 Å². The Labute approximate surface area is 92.7 Å². The number of rotatable bonds is 4. The molecule has 2 rings (SSSR count). The highest BCUT2D eigenvalue weighted by Crippen LogP contribution is 2.23. The number of aromatic nitrogens is 2. The Balaban J connectivity index is 1.99. The average molecular weight is 229 g/mol. The van der Waals surface area contributed by atoms with E-state index in [4.69, 9.17) is 15.0 Å². The molecule has 1 aliphatic rings. The number of ether oxygens (including phenoxy) is 1. The summed E-state index contributed by atoms with van der Waals surface area (Å²) in [5.74, 6) is 3.28. The topological polar surface area (TPSA) is 74.2 Å². The van der Waals surface area contributed by atoms with Crippen LogP contribution in [0, 0.1) is 0 Å². The lowest BCUT2D eigenvalue weighted by Gasteiger charge is -2.06. The molecule has 6 heteroatoms. The third-order valence-electron chi connectivity index (χ3n) is 2.36. The molecular formula is C9H15N3O2S. The minimum absolute atomic E-state index is 0.0165. The Hall–Kier alpha value is -0.590. The van der Waals surface area contributed by atoms with Crippen molar-refractivity contribution in [1.82, 2.24) is 10.1 Å². The van der Waals surface area contributed by atoms with Gasteiger partial charge < -0.3 is 15.0 Å². The van der Waals surface area contributed by atoms with Gasteiger partial charge in [0.25, 0.3) is 0 Å².